The van der Waals surface area contributed by atoms with Gasteiger partial charge in [0.2, 0.25) is 0 Å². The molecule has 5 rings (SSSR count). The molecule has 1 aliphatic rings. The quantitative estimate of drug-likeness (QED) is 0.553. The van der Waals surface area contributed by atoms with Crippen molar-refractivity contribution in [3.63, 3.8) is 0 Å². The molecule has 0 saturated heterocycles. The topological polar surface area (TPSA) is 40.7 Å². The molecule has 2 N–H and O–H groups in total. The van der Waals surface area contributed by atoms with Crippen molar-refractivity contribution in [1.82, 2.24) is 15.3 Å². The summed E-state index contributed by atoms with van der Waals surface area (Å²) in [7, 11) is 0. The summed E-state index contributed by atoms with van der Waals surface area (Å²) >= 11 is 0. The molecule has 0 fully saturated rings. The minimum absolute atomic E-state index is 0.549. The Kier molecular flexibility index (Phi) is 4.02. The fourth-order valence-corrected chi connectivity index (χ4v) is 4.17. The SMILES string of the molecule is Cc1cc(-c2ccc(CNC3Cc4ccccc4C3)cc2)cc2[nH]cnc12. The van der Waals surface area contributed by atoms with E-state index in [1.54, 1.807) is 6.33 Å². The van der Waals surface area contributed by atoms with Crippen molar-refractivity contribution in [1.29, 1.82) is 0 Å². The van der Waals surface area contributed by atoms with Gasteiger partial charge in [0.15, 0.2) is 0 Å². The van der Waals surface area contributed by atoms with Crippen molar-refractivity contribution < 1.29 is 0 Å². The highest BCUT2D eigenvalue weighted by Gasteiger charge is 2.20. The molecular weight excluding hydrogens is 330 g/mol. The van der Waals surface area contributed by atoms with Crippen molar-refractivity contribution in [3.8, 4) is 11.1 Å². The third-order valence-electron chi connectivity index (χ3n) is 5.65. The van der Waals surface area contributed by atoms with Gasteiger partial charge in [-0.25, -0.2) is 4.98 Å². The molecule has 0 radical (unpaired) electrons. The number of nitrogens with zero attached hydrogens (tertiary/aromatic N) is 1. The number of fused-ring (bicyclic) bond motifs is 2. The maximum atomic E-state index is 4.38. The van der Waals surface area contributed by atoms with Gasteiger partial charge < -0.3 is 10.3 Å². The number of benzene rings is 3. The Morgan fingerprint density at radius 1 is 0.963 bits per heavy atom. The van der Waals surface area contributed by atoms with E-state index in [0.717, 1.165) is 30.4 Å². The lowest BCUT2D eigenvalue weighted by molar-refractivity contribution is 0.533. The summed E-state index contributed by atoms with van der Waals surface area (Å²) in [5, 5.41) is 3.72. The van der Waals surface area contributed by atoms with Crippen LogP contribution in [0.5, 0.6) is 0 Å². The van der Waals surface area contributed by atoms with Gasteiger partial charge in [-0.05, 0) is 65.3 Å². The van der Waals surface area contributed by atoms with Crippen LogP contribution in [-0.2, 0) is 19.4 Å². The zero-order chi connectivity index (χ0) is 18.2. The van der Waals surface area contributed by atoms with E-state index in [2.05, 4.69) is 82.9 Å². The zero-order valence-corrected chi connectivity index (χ0v) is 15.5. The molecule has 3 aromatic carbocycles. The first kappa shape index (κ1) is 16.3. The minimum atomic E-state index is 0.549. The van der Waals surface area contributed by atoms with Crippen LogP contribution in [0.3, 0.4) is 0 Å². The highest BCUT2D eigenvalue weighted by atomic mass is 14.9. The Labute approximate surface area is 159 Å². The molecule has 134 valence electrons. The second-order valence-corrected chi connectivity index (χ2v) is 7.54. The number of nitrogens with one attached hydrogen (secondary N) is 2. The average molecular weight is 353 g/mol. The Morgan fingerprint density at radius 2 is 1.70 bits per heavy atom. The number of hydrogen-bond donors (Lipinski definition) is 2. The van der Waals surface area contributed by atoms with Crippen molar-refractivity contribution in [3.05, 3.63) is 89.2 Å². The lowest BCUT2D eigenvalue weighted by atomic mass is 10.0. The molecule has 1 heterocycles. The zero-order valence-electron chi connectivity index (χ0n) is 15.5. The van der Waals surface area contributed by atoms with Gasteiger partial charge >= 0.3 is 0 Å². The number of aromatic nitrogens is 2. The van der Waals surface area contributed by atoms with E-state index in [9.17, 15) is 0 Å². The van der Waals surface area contributed by atoms with Crippen molar-refractivity contribution in [2.75, 3.05) is 0 Å². The predicted molar refractivity (Wildman–Crippen MR) is 111 cm³/mol. The van der Waals surface area contributed by atoms with E-state index >= 15 is 0 Å². The molecule has 0 atom stereocenters. The van der Waals surface area contributed by atoms with Crippen LogP contribution in [0.1, 0.15) is 22.3 Å². The molecule has 0 aliphatic heterocycles. The average Bonchev–Trinajstić information content (AvgIpc) is 3.33. The summed E-state index contributed by atoms with van der Waals surface area (Å²) in [5.74, 6) is 0. The fourth-order valence-electron chi connectivity index (χ4n) is 4.17. The first-order valence-corrected chi connectivity index (χ1v) is 9.59. The normalized spacial score (nSPS) is 14.0. The van der Waals surface area contributed by atoms with Gasteiger partial charge in [0, 0.05) is 12.6 Å². The first-order valence-electron chi connectivity index (χ1n) is 9.59. The van der Waals surface area contributed by atoms with Crippen molar-refractivity contribution in [2.45, 2.75) is 32.4 Å². The second-order valence-electron chi connectivity index (χ2n) is 7.54. The molecule has 1 aliphatic carbocycles. The van der Waals surface area contributed by atoms with Crippen LogP contribution in [-0.4, -0.2) is 16.0 Å². The Hall–Kier alpha value is -2.91. The van der Waals surface area contributed by atoms with E-state index < -0.39 is 0 Å². The van der Waals surface area contributed by atoms with Gasteiger partial charge in [-0.2, -0.15) is 0 Å². The number of rotatable bonds is 4. The van der Waals surface area contributed by atoms with E-state index in [1.165, 1.54) is 33.4 Å². The standard InChI is InChI=1S/C24H23N3/c1-16-10-21(13-23-24(16)27-15-26-23)18-8-6-17(7-9-18)14-25-22-11-19-4-2-3-5-20(19)12-22/h2-10,13,15,22,25H,11-12,14H2,1H3,(H,26,27). The van der Waals surface area contributed by atoms with E-state index in [4.69, 9.17) is 0 Å². The summed E-state index contributed by atoms with van der Waals surface area (Å²) in [4.78, 5) is 7.60. The third kappa shape index (κ3) is 3.15. The summed E-state index contributed by atoms with van der Waals surface area (Å²) in [5.41, 5.74) is 10.1. The summed E-state index contributed by atoms with van der Waals surface area (Å²) < 4.78 is 0. The molecule has 3 heteroatoms. The lowest BCUT2D eigenvalue weighted by Gasteiger charge is -2.12. The monoisotopic (exact) mass is 353 g/mol. The van der Waals surface area contributed by atoms with Crippen LogP contribution in [0, 0.1) is 6.92 Å². The van der Waals surface area contributed by atoms with Gasteiger partial charge in [-0.3, -0.25) is 0 Å². The van der Waals surface area contributed by atoms with Crippen LogP contribution < -0.4 is 5.32 Å². The second kappa shape index (κ2) is 6.67. The molecule has 0 bridgehead atoms. The van der Waals surface area contributed by atoms with E-state index in [0.29, 0.717) is 6.04 Å². The van der Waals surface area contributed by atoms with Crippen LogP contribution in [0.2, 0.25) is 0 Å². The summed E-state index contributed by atoms with van der Waals surface area (Å²) in [6.45, 7) is 3.03. The fraction of sp³-hybridized carbons (Fsp3) is 0.208. The van der Waals surface area contributed by atoms with Crippen molar-refractivity contribution >= 4 is 11.0 Å². The molecule has 27 heavy (non-hydrogen) atoms. The molecule has 0 spiro atoms. The summed E-state index contributed by atoms with van der Waals surface area (Å²) in [6.07, 6.45) is 4.03. The molecular formula is C24H23N3. The number of imidazole rings is 1. The van der Waals surface area contributed by atoms with E-state index in [-0.39, 0.29) is 0 Å². The first-order chi connectivity index (χ1) is 13.3. The van der Waals surface area contributed by atoms with Crippen LogP contribution >= 0.6 is 0 Å². The van der Waals surface area contributed by atoms with Crippen LogP contribution in [0.15, 0.2) is 67.0 Å². The largest absolute Gasteiger partial charge is 0.345 e. The maximum Gasteiger partial charge on any atom is 0.0931 e. The van der Waals surface area contributed by atoms with Gasteiger partial charge in [-0.15, -0.1) is 0 Å². The summed E-state index contributed by atoms with van der Waals surface area (Å²) in [6, 6.07) is 22.6. The molecule has 0 saturated carbocycles. The van der Waals surface area contributed by atoms with Crippen LogP contribution in [0.25, 0.3) is 22.2 Å². The maximum absolute atomic E-state index is 4.38. The smallest absolute Gasteiger partial charge is 0.0931 e. The number of aromatic amines is 1. The van der Waals surface area contributed by atoms with E-state index in [1.807, 2.05) is 0 Å². The Bertz CT molecular complexity index is 1070. The van der Waals surface area contributed by atoms with Gasteiger partial charge in [0.25, 0.3) is 0 Å². The van der Waals surface area contributed by atoms with Gasteiger partial charge in [0.05, 0.1) is 17.4 Å². The van der Waals surface area contributed by atoms with Gasteiger partial charge in [-0.1, -0.05) is 48.5 Å². The third-order valence-corrected chi connectivity index (χ3v) is 5.65. The Balaban J connectivity index is 1.28. The van der Waals surface area contributed by atoms with Crippen molar-refractivity contribution in [2.24, 2.45) is 0 Å². The molecule has 0 unspecified atom stereocenters. The predicted octanol–water partition coefficient (Wildman–Crippen LogP) is 4.80. The minimum Gasteiger partial charge on any atom is -0.345 e. The highest BCUT2D eigenvalue weighted by molar-refractivity contribution is 5.84. The molecule has 0 amide bonds. The van der Waals surface area contributed by atoms with Gasteiger partial charge in [0.1, 0.15) is 0 Å². The van der Waals surface area contributed by atoms with Crippen LogP contribution in [0.4, 0.5) is 0 Å². The number of hydrogen-bond acceptors (Lipinski definition) is 2. The Morgan fingerprint density at radius 3 is 2.44 bits per heavy atom. The lowest BCUT2D eigenvalue weighted by Crippen LogP contribution is -2.28. The number of aryl methyl sites for hydroxylation is 1. The molecule has 3 nitrogen and oxygen atoms in total. The molecule has 1 aromatic heterocycles. The highest BCUT2D eigenvalue weighted by Crippen LogP contribution is 2.26. The molecule has 4 aromatic rings. The number of H-pyrrole nitrogens is 1.